The Morgan fingerprint density at radius 1 is 1.10 bits per heavy atom. The molecular formula is C17H34BrNO2. The van der Waals surface area contributed by atoms with Gasteiger partial charge < -0.3 is 15.2 Å². The lowest BCUT2D eigenvalue weighted by Crippen LogP contribution is -2.64. The molecule has 0 aromatic carbocycles. The van der Waals surface area contributed by atoms with Crippen LogP contribution in [0.15, 0.2) is 0 Å². The van der Waals surface area contributed by atoms with E-state index in [1.54, 1.807) is 0 Å². The van der Waals surface area contributed by atoms with Gasteiger partial charge in [-0.1, -0.05) is 43.6 Å². The molecule has 0 aromatic rings. The topological polar surface area (TPSA) is 41.5 Å². The molecule has 0 bridgehead atoms. The highest BCUT2D eigenvalue weighted by atomic mass is 79.9. The maximum Gasteiger partial charge on any atom is 0.0948 e. The lowest BCUT2D eigenvalue weighted by molar-refractivity contribution is -0.0903. The Morgan fingerprint density at radius 3 is 1.86 bits per heavy atom. The van der Waals surface area contributed by atoms with E-state index in [0.717, 1.165) is 38.5 Å². The van der Waals surface area contributed by atoms with Gasteiger partial charge in [0.25, 0.3) is 0 Å². The Labute approximate surface area is 139 Å². The van der Waals surface area contributed by atoms with E-state index in [0.29, 0.717) is 11.9 Å². The fourth-order valence-electron chi connectivity index (χ4n) is 3.49. The van der Waals surface area contributed by atoms with Crippen LogP contribution in [-0.4, -0.2) is 39.8 Å². The van der Waals surface area contributed by atoms with Crippen molar-refractivity contribution in [3.8, 4) is 0 Å². The number of alkyl halides is 1. The average molecular weight is 364 g/mol. The minimum atomic E-state index is -0.785. The van der Waals surface area contributed by atoms with Crippen LogP contribution in [0.3, 0.4) is 0 Å². The third-order valence-corrected chi connectivity index (χ3v) is 6.60. The summed E-state index contributed by atoms with van der Waals surface area (Å²) in [5.41, 5.74) is -0.433. The van der Waals surface area contributed by atoms with Crippen molar-refractivity contribution in [2.24, 2.45) is 0 Å². The summed E-state index contributed by atoms with van der Waals surface area (Å²) in [6.45, 7) is 11.3. The molecule has 1 rings (SSSR count). The molecule has 1 fully saturated rings. The van der Waals surface area contributed by atoms with Crippen molar-refractivity contribution < 1.29 is 9.84 Å². The van der Waals surface area contributed by atoms with Gasteiger partial charge in [0, 0.05) is 16.4 Å². The molecule has 1 atom stereocenters. The Morgan fingerprint density at radius 2 is 1.52 bits per heavy atom. The van der Waals surface area contributed by atoms with Crippen molar-refractivity contribution in [1.29, 1.82) is 0 Å². The van der Waals surface area contributed by atoms with E-state index >= 15 is 0 Å². The predicted octanol–water partition coefficient (Wildman–Crippen LogP) is 4.02. The van der Waals surface area contributed by atoms with Crippen LogP contribution < -0.4 is 5.32 Å². The van der Waals surface area contributed by atoms with Gasteiger partial charge in [0.05, 0.1) is 18.3 Å². The minimum Gasteiger partial charge on any atom is -0.387 e. The van der Waals surface area contributed by atoms with Gasteiger partial charge in [-0.15, -0.1) is 0 Å². The average Bonchev–Trinajstić information content (AvgIpc) is 2.52. The van der Waals surface area contributed by atoms with Crippen molar-refractivity contribution in [2.45, 2.75) is 95.9 Å². The number of nitrogens with one attached hydrogen (secondary N) is 1. The Balaban J connectivity index is 2.84. The third kappa shape index (κ3) is 4.92. The summed E-state index contributed by atoms with van der Waals surface area (Å²) in [6, 6.07) is 0. The molecule has 1 heterocycles. The fourth-order valence-corrected chi connectivity index (χ4v) is 3.65. The smallest absolute Gasteiger partial charge is 0.0948 e. The van der Waals surface area contributed by atoms with E-state index in [2.05, 4.69) is 48.9 Å². The van der Waals surface area contributed by atoms with Gasteiger partial charge >= 0.3 is 0 Å². The number of rotatable bonds is 8. The van der Waals surface area contributed by atoms with Crippen molar-refractivity contribution in [3.05, 3.63) is 0 Å². The van der Waals surface area contributed by atoms with E-state index in [9.17, 15) is 5.11 Å². The van der Waals surface area contributed by atoms with Crippen LogP contribution in [-0.2, 0) is 4.74 Å². The molecule has 4 heteroatoms. The standard InChI is InChI=1S/C17H34BrNO2/c1-6-16(7-2)10-14(21-13-15(5,20)12-18)11-17(8-3,9-4)19-16/h14,19-20H,6-13H2,1-5H3. The molecule has 1 saturated heterocycles. The van der Waals surface area contributed by atoms with Crippen molar-refractivity contribution in [1.82, 2.24) is 5.32 Å². The van der Waals surface area contributed by atoms with Gasteiger partial charge in [0.2, 0.25) is 0 Å². The maximum atomic E-state index is 10.2. The van der Waals surface area contributed by atoms with Gasteiger partial charge in [-0.25, -0.2) is 0 Å². The number of hydrogen-bond acceptors (Lipinski definition) is 3. The Hall–Kier alpha value is 0.360. The monoisotopic (exact) mass is 363 g/mol. The van der Waals surface area contributed by atoms with Crippen LogP contribution in [0.5, 0.6) is 0 Å². The highest BCUT2D eigenvalue weighted by Crippen LogP contribution is 2.38. The first-order valence-corrected chi connectivity index (χ1v) is 9.61. The van der Waals surface area contributed by atoms with Gasteiger partial charge in [0.15, 0.2) is 0 Å². The third-order valence-electron chi connectivity index (χ3n) is 5.39. The normalized spacial score (nSPS) is 24.7. The zero-order chi connectivity index (χ0) is 16.1. The highest BCUT2D eigenvalue weighted by Gasteiger charge is 2.45. The minimum absolute atomic E-state index is 0.176. The van der Waals surface area contributed by atoms with Crippen molar-refractivity contribution in [2.75, 3.05) is 11.9 Å². The van der Waals surface area contributed by atoms with E-state index in [4.69, 9.17) is 4.74 Å². The second-order valence-electron chi connectivity index (χ2n) is 7.07. The summed E-state index contributed by atoms with van der Waals surface area (Å²) >= 11 is 3.35. The molecular weight excluding hydrogens is 330 g/mol. The lowest BCUT2D eigenvalue weighted by atomic mass is 9.72. The molecule has 0 saturated carbocycles. The van der Waals surface area contributed by atoms with E-state index < -0.39 is 5.60 Å². The molecule has 0 amide bonds. The van der Waals surface area contributed by atoms with Gasteiger partial charge in [-0.2, -0.15) is 0 Å². The lowest BCUT2D eigenvalue weighted by Gasteiger charge is -2.52. The zero-order valence-corrected chi connectivity index (χ0v) is 16.1. The number of halogens is 1. The summed E-state index contributed by atoms with van der Waals surface area (Å²) in [5, 5.41) is 14.7. The van der Waals surface area contributed by atoms with E-state index in [1.807, 2.05) is 6.92 Å². The molecule has 1 aliphatic heterocycles. The molecule has 3 nitrogen and oxygen atoms in total. The molecule has 21 heavy (non-hydrogen) atoms. The molecule has 0 aliphatic carbocycles. The van der Waals surface area contributed by atoms with Crippen molar-refractivity contribution in [3.63, 3.8) is 0 Å². The first-order chi connectivity index (χ1) is 9.80. The summed E-state index contributed by atoms with van der Waals surface area (Å²) in [4.78, 5) is 0. The Kier molecular flexibility index (Phi) is 7.17. The molecule has 0 radical (unpaired) electrons. The SMILES string of the molecule is CCC1(CC)CC(OCC(C)(O)CBr)CC(CC)(CC)N1. The second kappa shape index (κ2) is 7.76. The van der Waals surface area contributed by atoms with Crippen LogP contribution in [0, 0.1) is 0 Å². The van der Waals surface area contributed by atoms with E-state index in [1.165, 1.54) is 0 Å². The van der Waals surface area contributed by atoms with Crippen LogP contribution in [0.2, 0.25) is 0 Å². The Bertz CT molecular complexity index is 292. The molecule has 126 valence electrons. The molecule has 0 spiro atoms. The molecule has 2 N–H and O–H groups in total. The molecule has 1 aliphatic rings. The summed E-state index contributed by atoms with van der Waals surface area (Å²) < 4.78 is 6.14. The van der Waals surface area contributed by atoms with Crippen LogP contribution >= 0.6 is 15.9 Å². The summed E-state index contributed by atoms with van der Waals surface area (Å²) in [6.07, 6.45) is 6.82. The highest BCUT2D eigenvalue weighted by molar-refractivity contribution is 9.09. The largest absolute Gasteiger partial charge is 0.387 e. The van der Waals surface area contributed by atoms with Crippen LogP contribution in [0.25, 0.3) is 0 Å². The van der Waals surface area contributed by atoms with E-state index in [-0.39, 0.29) is 17.2 Å². The number of aliphatic hydroxyl groups is 1. The predicted molar refractivity (Wildman–Crippen MR) is 93.2 cm³/mol. The van der Waals surface area contributed by atoms with Crippen LogP contribution in [0.1, 0.15) is 73.1 Å². The zero-order valence-electron chi connectivity index (χ0n) is 14.5. The number of hydrogen-bond donors (Lipinski definition) is 2. The quantitative estimate of drug-likeness (QED) is 0.640. The first kappa shape index (κ1) is 19.4. The van der Waals surface area contributed by atoms with Gasteiger partial charge in [-0.05, 0) is 45.4 Å². The molecule has 0 aromatic heterocycles. The molecule has 1 unspecified atom stereocenters. The van der Waals surface area contributed by atoms with Crippen LogP contribution in [0.4, 0.5) is 0 Å². The van der Waals surface area contributed by atoms with Crippen molar-refractivity contribution >= 4 is 15.9 Å². The summed E-state index contributed by atoms with van der Waals surface area (Å²) in [7, 11) is 0. The number of ether oxygens (including phenoxy) is 1. The van der Waals surface area contributed by atoms with Gasteiger partial charge in [0.1, 0.15) is 0 Å². The summed E-state index contributed by atoms with van der Waals surface area (Å²) in [5.74, 6) is 0. The number of piperidine rings is 1. The fraction of sp³-hybridized carbons (Fsp3) is 1.00. The maximum absolute atomic E-state index is 10.2. The second-order valence-corrected chi connectivity index (χ2v) is 7.63. The van der Waals surface area contributed by atoms with Gasteiger partial charge in [-0.3, -0.25) is 0 Å². The first-order valence-electron chi connectivity index (χ1n) is 8.49.